The van der Waals surface area contributed by atoms with Crippen LogP contribution in [0.5, 0.6) is 5.75 Å². The fourth-order valence-corrected chi connectivity index (χ4v) is 4.57. The number of hydrogen-bond acceptors (Lipinski definition) is 9. The van der Waals surface area contributed by atoms with E-state index in [1.807, 2.05) is 37.3 Å². The molecule has 11 heteroatoms. The van der Waals surface area contributed by atoms with Crippen molar-refractivity contribution in [1.29, 1.82) is 0 Å². The number of carboxylic acid groups (broad SMARTS) is 1. The SMILES string of the molecule is CCOc1ccc2nc(N3NC(c4ccc(NC(C)=O)cc4)=NN3c3ccc(C(=O)O)cc3)sc2c1. The Morgan fingerprint density at radius 3 is 2.50 bits per heavy atom. The molecule has 1 aliphatic heterocycles. The van der Waals surface area contributed by atoms with Crippen molar-refractivity contribution in [3.63, 3.8) is 0 Å². The zero-order valence-corrected chi connectivity index (χ0v) is 20.2. The average molecular weight is 503 g/mol. The van der Waals surface area contributed by atoms with Crippen molar-refractivity contribution in [2.75, 3.05) is 22.2 Å². The lowest BCUT2D eigenvalue weighted by Gasteiger charge is -2.25. The number of hydrazine groups is 2. The Morgan fingerprint density at radius 2 is 1.83 bits per heavy atom. The van der Waals surface area contributed by atoms with E-state index in [9.17, 15) is 14.7 Å². The van der Waals surface area contributed by atoms with Gasteiger partial charge in [-0.1, -0.05) is 11.3 Å². The molecule has 1 aliphatic rings. The molecular weight excluding hydrogens is 480 g/mol. The molecule has 0 fully saturated rings. The van der Waals surface area contributed by atoms with Gasteiger partial charge in [0.05, 0.1) is 28.1 Å². The Labute approximate surface area is 210 Å². The minimum absolute atomic E-state index is 0.149. The number of fused-ring (bicyclic) bond motifs is 1. The van der Waals surface area contributed by atoms with Gasteiger partial charge in [0.15, 0.2) is 5.84 Å². The van der Waals surface area contributed by atoms with Crippen molar-refractivity contribution in [2.24, 2.45) is 5.10 Å². The van der Waals surface area contributed by atoms with Crippen LogP contribution in [-0.2, 0) is 4.79 Å². The normalized spacial score (nSPS) is 12.9. The summed E-state index contributed by atoms with van der Waals surface area (Å²) in [5, 5.41) is 20.7. The molecule has 0 atom stereocenters. The van der Waals surface area contributed by atoms with Crippen LogP contribution in [0.25, 0.3) is 10.2 Å². The maximum Gasteiger partial charge on any atom is 0.335 e. The number of thiazole rings is 1. The van der Waals surface area contributed by atoms with E-state index in [0.717, 1.165) is 21.5 Å². The minimum Gasteiger partial charge on any atom is -0.494 e. The maximum atomic E-state index is 11.3. The molecule has 1 aromatic heterocycles. The van der Waals surface area contributed by atoms with Crippen LogP contribution in [0.2, 0.25) is 0 Å². The van der Waals surface area contributed by atoms with Crippen LogP contribution in [0.1, 0.15) is 29.8 Å². The summed E-state index contributed by atoms with van der Waals surface area (Å²) < 4.78 is 6.57. The molecule has 3 N–H and O–H groups in total. The second-order valence-corrected chi connectivity index (χ2v) is 8.84. The highest BCUT2D eigenvalue weighted by Gasteiger charge is 2.29. The fourth-order valence-electron chi connectivity index (χ4n) is 3.63. The molecule has 0 spiro atoms. The van der Waals surface area contributed by atoms with Gasteiger partial charge in [-0.3, -0.25) is 10.2 Å². The third-order valence-corrected chi connectivity index (χ3v) is 6.25. The van der Waals surface area contributed by atoms with Crippen LogP contribution < -0.4 is 25.7 Å². The number of carbonyl (C=O) groups is 2. The number of amidine groups is 1. The van der Waals surface area contributed by atoms with Crippen molar-refractivity contribution in [2.45, 2.75) is 13.8 Å². The lowest BCUT2D eigenvalue weighted by molar-refractivity contribution is -0.114. The maximum absolute atomic E-state index is 11.3. The van der Waals surface area contributed by atoms with Gasteiger partial charge in [-0.05, 0) is 73.7 Å². The molecule has 0 aliphatic carbocycles. The first-order chi connectivity index (χ1) is 17.4. The second-order valence-electron chi connectivity index (χ2n) is 7.83. The zero-order chi connectivity index (χ0) is 25.2. The van der Waals surface area contributed by atoms with Crippen LogP contribution in [0.4, 0.5) is 16.5 Å². The Morgan fingerprint density at radius 1 is 1.08 bits per heavy atom. The molecule has 36 heavy (non-hydrogen) atoms. The quantitative estimate of drug-likeness (QED) is 0.339. The summed E-state index contributed by atoms with van der Waals surface area (Å²) in [5.41, 5.74) is 6.40. The number of ether oxygens (including phenoxy) is 1. The number of benzene rings is 3. The molecule has 10 nitrogen and oxygen atoms in total. The number of amides is 1. The molecule has 1 amide bonds. The lowest BCUT2D eigenvalue weighted by atomic mass is 10.2. The number of rotatable bonds is 7. The molecule has 4 aromatic rings. The molecule has 0 saturated heterocycles. The third kappa shape index (κ3) is 4.64. The topological polar surface area (TPSA) is 119 Å². The molecule has 182 valence electrons. The van der Waals surface area contributed by atoms with Crippen molar-refractivity contribution in [1.82, 2.24) is 10.4 Å². The molecule has 0 bridgehead atoms. The van der Waals surface area contributed by atoms with Crippen LogP contribution in [-0.4, -0.2) is 34.4 Å². The van der Waals surface area contributed by atoms with Gasteiger partial charge in [-0.2, -0.15) is 0 Å². The molecule has 2 heterocycles. The van der Waals surface area contributed by atoms with Gasteiger partial charge in [0.2, 0.25) is 11.0 Å². The number of carbonyl (C=O) groups excluding carboxylic acids is 1. The van der Waals surface area contributed by atoms with Crippen LogP contribution >= 0.6 is 11.3 Å². The zero-order valence-electron chi connectivity index (χ0n) is 19.4. The third-order valence-electron chi connectivity index (χ3n) is 5.26. The van der Waals surface area contributed by atoms with Crippen LogP contribution in [0.15, 0.2) is 71.8 Å². The van der Waals surface area contributed by atoms with E-state index in [-0.39, 0.29) is 11.5 Å². The van der Waals surface area contributed by atoms with Gasteiger partial charge in [-0.15, -0.1) is 15.3 Å². The highest BCUT2D eigenvalue weighted by atomic mass is 32.1. The molecule has 0 unspecified atom stereocenters. The predicted molar refractivity (Wildman–Crippen MR) is 140 cm³/mol. The molecule has 3 aromatic carbocycles. The van der Waals surface area contributed by atoms with E-state index in [1.165, 1.54) is 30.4 Å². The van der Waals surface area contributed by atoms with Gasteiger partial charge < -0.3 is 15.2 Å². The number of carboxylic acids is 1. The summed E-state index contributed by atoms with van der Waals surface area (Å²) in [6.07, 6.45) is 0. The summed E-state index contributed by atoms with van der Waals surface area (Å²) in [6, 6.07) is 19.4. The minimum atomic E-state index is -1.00. The smallest absolute Gasteiger partial charge is 0.335 e. The summed E-state index contributed by atoms with van der Waals surface area (Å²) >= 11 is 1.46. The van der Waals surface area contributed by atoms with E-state index < -0.39 is 5.97 Å². The monoisotopic (exact) mass is 502 g/mol. The van der Waals surface area contributed by atoms with Gasteiger partial charge in [0.25, 0.3) is 0 Å². The van der Waals surface area contributed by atoms with Crippen molar-refractivity contribution in [3.05, 3.63) is 77.9 Å². The van der Waals surface area contributed by atoms with E-state index in [2.05, 4.69) is 10.7 Å². The summed E-state index contributed by atoms with van der Waals surface area (Å²) in [4.78, 5) is 27.4. The molecule has 5 rings (SSSR count). The van der Waals surface area contributed by atoms with Crippen LogP contribution in [0.3, 0.4) is 0 Å². The lowest BCUT2D eigenvalue weighted by Crippen LogP contribution is -2.44. The largest absolute Gasteiger partial charge is 0.494 e. The van der Waals surface area contributed by atoms with Gasteiger partial charge >= 0.3 is 5.97 Å². The average Bonchev–Trinajstić information content (AvgIpc) is 3.49. The highest BCUT2D eigenvalue weighted by molar-refractivity contribution is 7.22. The Bertz CT molecular complexity index is 1470. The number of nitrogens with one attached hydrogen (secondary N) is 2. The molecule has 0 saturated carbocycles. The van der Waals surface area contributed by atoms with E-state index in [4.69, 9.17) is 14.8 Å². The van der Waals surface area contributed by atoms with Gasteiger partial charge in [0.1, 0.15) is 5.75 Å². The standard InChI is InChI=1S/C25H22N6O4S/c1-3-35-20-12-13-21-22(14-20)36-25(27-21)31-29-23(16-4-8-18(9-5-16)26-15(2)32)28-30(31)19-10-6-17(7-11-19)24(33)34/h4-14H,3H2,1-2H3,(H,26,32)(H,28,29)(H,33,34). The van der Waals surface area contributed by atoms with E-state index in [1.54, 1.807) is 34.5 Å². The number of aromatic nitrogens is 1. The summed E-state index contributed by atoms with van der Waals surface area (Å²) in [5.74, 6) is 0.176. The van der Waals surface area contributed by atoms with Crippen molar-refractivity contribution >= 4 is 55.8 Å². The summed E-state index contributed by atoms with van der Waals surface area (Å²) in [6.45, 7) is 3.96. The van der Waals surface area contributed by atoms with Gasteiger partial charge in [0, 0.05) is 18.2 Å². The van der Waals surface area contributed by atoms with E-state index >= 15 is 0 Å². The second kappa shape index (κ2) is 9.55. The molecular formula is C25H22N6O4S. The first-order valence-electron chi connectivity index (χ1n) is 11.1. The Kier molecular flexibility index (Phi) is 6.13. The first kappa shape index (κ1) is 23.1. The highest BCUT2D eigenvalue weighted by Crippen LogP contribution is 2.34. The summed E-state index contributed by atoms with van der Waals surface area (Å²) in [7, 11) is 0. The number of hydrazone groups is 1. The number of aromatic carboxylic acids is 1. The van der Waals surface area contributed by atoms with Crippen LogP contribution in [0, 0.1) is 0 Å². The Balaban J connectivity index is 1.51. The number of hydrogen-bond donors (Lipinski definition) is 3. The Hall–Kier alpha value is -4.64. The molecule has 0 radical (unpaired) electrons. The fraction of sp³-hybridized carbons (Fsp3) is 0.120. The number of nitrogens with zero attached hydrogens (tertiary/aromatic N) is 4. The predicted octanol–water partition coefficient (Wildman–Crippen LogP) is 4.46. The first-order valence-corrected chi connectivity index (χ1v) is 11.9. The number of anilines is 3. The van der Waals surface area contributed by atoms with Crippen molar-refractivity contribution < 1.29 is 19.4 Å². The van der Waals surface area contributed by atoms with Gasteiger partial charge in [-0.25, -0.2) is 9.78 Å². The van der Waals surface area contributed by atoms with E-state index in [0.29, 0.717) is 28.9 Å². The van der Waals surface area contributed by atoms with Crippen molar-refractivity contribution in [3.8, 4) is 5.75 Å².